The van der Waals surface area contributed by atoms with E-state index >= 15 is 0 Å². The first-order chi connectivity index (χ1) is 7.08. The third kappa shape index (κ3) is 2.04. The maximum atomic E-state index is 13.2. The lowest BCUT2D eigenvalue weighted by molar-refractivity contribution is 0.0530. The van der Waals surface area contributed by atoms with Gasteiger partial charge in [0.15, 0.2) is 0 Å². The minimum absolute atomic E-state index is 0.0838. The van der Waals surface area contributed by atoms with E-state index in [9.17, 15) is 9.18 Å². The fraction of sp³-hybridized carbons (Fsp3) is 0.364. The van der Waals surface area contributed by atoms with Crippen molar-refractivity contribution in [2.45, 2.75) is 6.92 Å². The molecule has 2 rings (SSSR count). The van der Waals surface area contributed by atoms with E-state index in [1.165, 1.54) is 6.07 Å². The van der Waals surface area contributed by atoms with Crippen molar-refractivity contribution < 1.29 is 9.18 Å². The number of amides is 1. The summed E-state index contributed by atoms with van der Waals surface area (Å²) in [7, 11) is 0. The van der Waals surface area contributed by atoms with Gasteiger partial charge in [0.1, 0.15) is 5.82 Å². The van der Waals surface area contributed by atoms with E-state index in [0.717, 1.165) is 13.1 Å². The molecule has 0 aliphatic carbocycles. The zero-order valence-electron chi connectivity index (χ0n) is 8.34. The number of nitrogens with zero attached hydrogens (tertiary/aromatic N) is 1. The van der Waals surface area contributed by atoms with Crippen LogP contribution in [0.15, 0.2) is 22.7 Å². The van der Waals surface area contributed by atoms with Crippen molar-refractivity contribution in [2.24, 2.45) is 5.92 Å². The van der Waals surface area contributed by atoms with Crippen molar-refractivity contribution in [1.82, 2.24) is 4.90 Å². The number of hydrogen-bond acceptors (Lipinski definition) is 1. The topological polar surface area (TPSA) is 20.3 Å². The van der Waals surface area contributed by atoms with Crippen LogP contribution in [0.5, 0.6) is 0 Å². The van der Waals surface area contributed by atoms with E-state index in [1.807, 2.05) is 0 Å². The van der Waals surface area contributed by atoms with Crippen LogP contribution in [0.3, 0.4) is 0 Å². The van der Waals surface area contributed by atoms with Crippen molar-refractivity contribution >= 4 is 21.8 Å². The molecule has 1 aliphatic heterocycles. The van der Waals surface area contributed by atoms with Crippen LogP contribution in [0, 0.1) is 11.7 Å². The smallest absolute Gasteiger partial charge is 0.253 e. The Labute approximate surface area is 96.2 Å². The first-order valence-electron chi connectivity index (χ1n) is 4.82. The lowest BCUT2D eigenvalue weighted by Crippen LogP contribution is -2.48. The zero-order chi connectivity index (χ0) is 11.0. The van der Waals surface area contributed by atoms with Gasteiger partial charge in [0.2, 0.25) is 0 Å². The Morgan fingerprint density at radius 2 is 2.20 bits per heavy atom. The van der Waals surface area contributed by atoms with Crippen LogP contribution < -0.4 is 0 Å². The van der Waals surface area contributed by atoms with Crippen LogP contribution in [0.25, 0.3) is 0 Å². The van der Waals surface area contributed by atoms with Gasteiger partial charge in [-0.1, -0.05) is 6.92 Å². The monoisotopic (exact) mass is 271 g/mol. The molecule has 1 amide bonds. The summed E-state index contributed by atoms with van der Waals surface area (Å²) in [4.78, 5) is 13.5. The molecule has 2 nitrogen and oxygen atoms in total. The highest BCUT2D eigenvalue weighted by molar-refractivity contribution is 9.10. The Balaban J connectivity index is 2.16. The summed E-state index contributed by atoms with van der Waals surface area (Å²) in [5, 5.41) is 0. The Morgan fingerprint density at radius 1 is 1.53 bits per heavy atom. The minimum Gasteiger partial charge on any atom is -0.338 e. The van der Waals surface area contributed by atoms with Crippen LogP contribution in [-0.2, 0) is 0 Å². The second-order valence-corrected chi connectivity index (χ2v) is 4.80. The maximum Gasteiger partial charge on any atom is 0.253 e. The number of carbonyl (C=O) groups is 1. The molecule has 1 saturated heterocycles. The Bertz CT molecular complexity index is 402. The van der Waals surface area contributed by atoms with Crippen molar-refractivity contribution in [1.29, 1.82) is 0 Å². The molecule has 1 heterocycles. The Kier molecular flexibility index (Phi) is 2.78. The lowest BCUT2D eigenvalue weighted by atomic mass is 10.0. The third-order valence-electron chi connectivity index (χ3n) is 2.52. The molecule has 1 aromatic rings. The van der Waals surface area contributed by atoms with E-state index in [4.69, 9.17) is 0 Å². The number of likely N-dealkylation sites (tertiary alicyclic amines) is 1. The summed E-state index contributed by atoms with van der Waals surface area (Å²) in [6.07, 6.45) is 0. The molecule has 4 heteroatoms. The Morgan fingerprint density at radius 3 is 2.73 bits per heavy atom. The van der Waals surface area contributed by atoms with Gasteiger partial charge in [-0.3, -0.25) is 4.79 Å². The fourth-order valence-corrected chi connectivity index (χ4v) is 1.92. The predicted molar refractivity (Wildman–Crippen MR) is 59.2 cm³/mol. The van der Waals surface area contributed by atoms with Crippen molar-refractivity contribution in [2.75, 3.05) is 13.1 Å². The van der Waals surface area contributed by atoms with Crippen LogP contribution in [0.4, 0.5) is 4.39 Å². The van der Waals surface area contributed by atoms with Gasteiger partial charge in [-0.15, -0.1) is 0 Å². The highest BCUT2D eigenvalue weighted by atomic mass is 79.9. The summed E-state index contributed by atoms with van der Waals surface area (Å²) in [6.45, 7) is 3.64. The van der Waals surface area contributed by atoms with Gasteiger partial charge in [-0.2, -0.15) is 0 Å². The van der Waals surface area contributed by atoms with E-state index in [2.05, 4.69) is 22.9 Å². The summed E-state index contributed by atoms with van der Waals surface area (Å²) < 4.78 is 13.6. The zero-order valence-corrected chi connectivity index (χ0v) is 9.92. The first-order valence-corrected chi connectivity index (χ1v) is 5.61. The van der Waals surface area contributed by atoms with Gasteiger partial charge < -0.3 is 4.90 Å². The quantitative estimate of drug-likeness (QED) is 0.769. The molecular weight excluding hydrogens is 261 g/mol. The highest BCUT2D eigenvalue weighted by Gasteiger charge is 2.27. The molecule has 0 atom stereocenters. The van der Waals surface area contributed by atoms with Gasteiger partial charge in [0.05, 0.1) is 4.47 Å². The minimum atomic E-state index is -0.394. The molecule has 0 radical (unpaired) electrons. The number of halogens is 2. The molecule has 1 aromatic carbocycles. The predicted octanol–water partition coefficient (Wildman–Crippen LogP) is 2.68. The van der Waals surface area contributed by atoms with Crippen LogP contribution in [0.2, 0.25) is 0 Å². The summed E-state index contributed by atoms with van der Waals surface area (Å²) in [5.41, 5.74) is 0.419. The number of carbonyl (C=O) groups excluding carboxylic acids is 1. The van der Waals surface area contributed by atoms with E-state index in [1.54, 1.807) is 17.0 Å². The highest BCUT2D eigenvalue weighted by Crippen LogP contribution is 2.21. The second kappa shape index (κ2) is 3.93. The van der Waals surface area contributed by atoms with E-state index in [0.29, 0.717) is 16.0 Å². The normalized spacial score (nSPS) is 16.3. The fourth-order valence-electron chi connectivity index (χ4n) is 1.68. The summed E-state index contributed by atoms with van der Waals surface area (Å²) in [6, 6.07) is 4.47. The standard InChI is InChI=1S/C11H11BrFNO/c1-7-5-14(6-7)11(15)8-2-3-9(12)10(13)4-8/h2-4,7H,5-6H2,1H3. The molecule has 1 fully saturated rings. The van der Waals surface area contributed by atoms with E-state index < -0.39 is 5.82 Å². The van der Waals surface area contributed by atoms with Crippen LogP contribution >= 0.6 is 15.9 Å². The van der Waals surface area contributed by atoms with Crippen molar-refractivity contribution in [3.8, 4) is 0 Å². The molecule has 0 N–H and O–H groups in total. The van der Waals surface area contributed by atoms with Gasteiger partial charge in [0.25, 0.3) is 5.91 Å². The van der Waals surface area contributed by atoms with Crippen LogP contribution in [0.1, 0.15) is 17.3 Å². The molecule has 15 heavy (non-hydrogen) atoms. The molecule has 80 valence electrons. The summed E-state index contributed by atoms with van der Waals surface area (Å²) >= 11 is 3.06. The maximum absolute atomic E-state index is 13.2. The molecule has 0 spiro atoms. The lowest BCUT2D eigenvalue weighted by Gasteiger charge is -2.37. The van der Waals surface area contributed by atoms with Gasteiger partial charge in [0, 0.05) is 18.7 Å². The number of benzene rings is 1. The average molecular weight is 272 g/mol. The second-order valence-electron chi connectivity index (χ2n) is 3.94. The number of rotatable bonds is 1. The van der Waals surface area contributed by atoms with E-state index in [-0.39, 0.29) is 5.91 Å². The summed E-state index contributed by atoms with van der Waals surface area (Å²) in [5.74, 6) is 0.0863. The molecule has 0 bridgehead atoms. The molecule has 1 aliphatic rings. The van der Waals surface area contributed by atoms with Crippen molar-refractivity contribution in [3.05, 3.63) is 34.1 Å². The third-order valence-corrected chi connectivity index (χ3v) is 3.16. The average Bonchev–Trinajstić information content (AvgIpc) is 2.16. The van der Waals surface area contributed by atoms with Gasteiger partial charge in [-0.05, 0) is 40.0 Å². The first kappa shape index (κ1) is 10.6. The SMILES string of the molecule is CC1CN(C(=O)c2ccc(Br)c(F)c2)C1. The Hall–Kier alpha value is -0.900. The molecule has 0 saturated carbocycles. The van der Waals surface area contributed by atoms with Gasteiger partial charge in [-0.25, -0.2) is 4.39 Å². The largest absolute Gasteiger partial charge is 0.338 e. The van der Waals surface area contributed by atoms with Gasteiger partial charge >= 0.3 is 0 Å². The van der Waals surface area contributed by atoms with Crippen LogP contribution in [-0.4, -0.2) is 23.9 Å². The molecular formula is C11H11BrFNO. The molecule has 0 unspecified atom stereocenters. The van der Waals surface area contributed by atoms with Crippen molar-refractivity contribution in [3.63, 3.8) is 0 Å². The molecule has 0 aromatic heterocycles. The number of hydrogen-bond donors (Lipinski definition) is 0.